The molecule has 5 heterocycles. The molecule has 0 radical (unpaired) electrons. The molecule has 0 saturated carbocycles. The molecule has 12 aromatic carbocycles. The van der Waals surface area contributed by atoms with Crippen molar-refractivity contribution in [2.24, 2.45) is 0 Å². The maximum atomic E-state index is 15.6. The second-order valence-corrected chi connectivity index (χ2v) is 21.8. The number of rotatable bonds is 8. The summed E-state index contributed by atoms with van der Waals surface area (Å²) in [5.41, 5.74) is 13.4. The summed E-state index contributed by atoms with van der Waals surface area (Å²) >= 11 is 0. The highest BCUT2D eigenvalue weighted by Crippen LogP contribution is 2.46. The van der Waals surface area contributed by atoms with Gasteiger partial charge in [0.2, 0.25) is 0 Å². The van der Waals surface area contributed by atoms with Gasteiger partial charge in [-0.25, -0.2) is 15.0 Å². The lowest BCUT2D eigenvalue weighted by Crippen LogP contribution is -2.08. The summed E-state index contributed by atoms with van der Waals surface area (Å²) < 4.78 is 55.8. The van der Waals surface area contributed by atoms with Crippen LogP contribution in [-0.2, 0) is 6.18 Å². The second kappa shape index (κ2) is 19.1. The van der Waals surface area contributed by atoms with Gasteiger partial charge >= 0.3 is 6.18 Å². The van der Waals surface area contributed by atoms with Crippen LogP contribution in [0.3, 0.4) is 0 Å². The van der Waals surface area contributed by atoms with Crippen LogP contribution in [0.1, 0.15) is 5.56 Å². The molecular weight excluding hydrogens is 1070 g/mol. The van der Waals surface area contributed by atoms with E-state index in [1.807, 2.05) is 103 Å². The zero-order valence-electron chi connectivity index (χ0n) is 45.8. The number of hydrogen-bond donors (Lipinski definition) is 0. The third-order valence-corrected chi connectivity index (χ3v) is 17.0. The average molecular weight is 1110 g/mol. The monoisotopic (exact) mass is 1110 g/mol. The highest BCUT2D eigenvalue weighted by atomic mass is 19.4. The van der Waals surface area contributed by atoms with Crippen molar-refractivity contribution in [3.05, 3.63) is 285 Å². The van der Waals surface area contributed by atoms with Gasteiger partial charge in [-0.3, -0.25) is 0 Å². The van der Waals surface area contributed by atoms with E-state index in [2.05, 4.69) is 176 Å². The smallest absolute Gasteiger partial charge is 0.309 e. The molecule has 0 saturated heterocycles. The van der Waals surface area contributed by atoms with Crippen molar-refractivity contribution >= 4 is 87.2 Å². The van der Waals surface area contributed by atoms with Crippen LogP contribution in [-0.4, -0.2) is 33.2 Å². The molecule has 0 aliphatic heterocycles. The molecule has 0 amide bonds. The molecule has 17 rings (SSSR count). The van der Waals surface area contributed by atoms with Crippen molar-refractivity contribution in [3.8, 4) is 68.0 Å². The van der Waals surface area contributed by atoms with E-state index in [1.54, 1.807) is 6.07 Å². The van der Waals surface area contributed by atoms with E-state index in [4.69, 9.17) is 15.0 Å². The molecule has 0 spiro atoms. The standard InChI is InChI=1S/C76H46F3N7/c77-76(78,79)50-36-40-69(85-67-33-17-11-27-57(67)61-45-51(37-41-70(61)85)83-63-29-13-7-23-53(63)54-24-8-14-30-64(54)83)60(44-50)59-39-35-49(75-81-73(47-19-3-1-4-20-47)80-74(82-75)48-21-5-2-6-22-48)43-72(59)86-68-34-18-12-28-58(68)62-46-52(38-42-71(62)86)84-65-31-15-9-25-55(65)56-26-10-16-32-66(56)84/h1-46H. The third kappa shape index (κ3) is 7.66. The Labute approximate surface area is 490 Å². The third-order valence-electron chi connectivity index (χ3n) is 17.0. The molecule has 0 unspecified atom stereocenters. The average Bonchev–Trinajstić information content (AvgIpc) is 1.67. The van der Waals surface area contributed by atoms with Crippen LogP contribution in [0.5, 0.6) is 0 Å². The molecule has 0 aliphatic rings. The molecular formula is C76H46F3N7. The van der Waals surface area contributed by atoms with Crippen molar-refractivity contribution in [2.75, 3.05) is 0 Å². The molecule has 0 atom stereocenters. The van der Waals surface area contributed by atoms with Crippen LogP contribution in [0.25, 0.3) is 155 Å². The number of hydrogen-bond acceptors (Lipinski definition) is 3. The quantitative estimate of drug-likeness (QED) is 0.152. The van der Waals surface area contributed by atoms with E-state index in [0.717, 1.165) is 110 Å². The van der Waals surface area contributed by atoms with Crippen LogP contribution in [0.2, 0.25) is 0 Å². The predicted molar refractivity (Wildman–Crippen MR) is 344 cm³/mol. The Morgan fingerprint density at radius 3 is 1.01 bits per heavy atom. The minimum Gasteiger partial charge on any atom is -0.309 e. The van der Waals surface area contributed by atoms with E-state index < -0.39 is 11.7 Å². The highest BCUT2D eigenvalue weighted by Gasteiger charge is 2.33. The lowest BCUT2D eigenvalue weighted by molar-refractivity contribution is -0.137. The fourth-order valence-corrected chi connectivity index (χ4v) is 13.3. The first-order chi connectivity index (χ1) is 42.3. The minimum absolute atomic E-state index is 0.383. The summed E-state index contributed by atoms with van der Waals surface area (Å²) in [6, 6.07) is 92.9. The summed E-state index contributed by atoms with van der Waals surface area (Å²) in [7, 11) is 0. The van der Waals surface area contributed by atoms with Crippen LogP contribution in [0.4, 0.5) is 13.2 Å². The van der Waals surface area contributed by atoms with Crippen molar-refractivity contribution < 1.29 is 13.2 Å². The Morgan fingerprint density at radius 2 is 0.593 bits per heavy atom. The van der Waals surface area contributed by atoms with Crippen molar-refractivity contribution in [1.82, 2.24) is 33.2 Å². The zero-order chi connectivity index (χ0) is 57.2. The van der Waals surface area contributed by atoms with Gasteiger partial charge in [0.15, 0.2) is 17.5 Å². The van der Waals surface area contributed by atoms with E-state index >= 15 is 13.2 Å². The van der Waals surface area contributed by atoms with Crippen LogP contribution in [0, 0.1) is 0 Å². The number of benzene rings is 12. The van der Waals surface area contributed by atoms with Gasteiger partial charge < -0.3 is 18.3 Å². The molecule has 17 aromatic rings. The van der Waals surface area contributed by atoms with Crippen molar-refractivity contribution in [1.29, 1.82) is 0 Å². The van der Waals surface area contributed by atoms with Gasteiger partial charge in [0.1, 0.15) is 0 Å². The van der Waals surface area contributed by atoms with Crippen LogP contribution >= 0.6 is 0 Å². The maximum Gasteiger partial charge on any atom is 0.416 e. The molecule has 5 aromatic heterocycles. The summed E-state index contributed by atoms with van der Waals surface area (Å²) in [5, 5.41) is 8.48. The van der Waals surface area contributed by atoms with Gasteiger partial charge in [-0.1, -0.05) is 182 Å². The summed E-state index contributed by atoms with van der Waals surface area (Å²) in [6.45, 7) is 0. The van der Waals surface area contributed by atoms with E-state index in [0.29, 0.717) is 45.5 Å². The Kier molecular flexibility index (Phi) is 10.9. The Hall–Kier alpha value is -11.4. The van der Waals surface area contributed by atoms with E-state index in [1.165, 1.54) is 12.1 Å². The molecule has 0 fully saturated rings. The normalized spacial score (nSPS) is 12.1. The SMILES string of the molecule is FC(F)(F)c1ccc(-n2c3ccccc3c3cc(-n4c5ccccc5c5ccccc54)ccc32)c(-c2ccc(-c3nc(-c4ccccc4)nc(-c4ccccc4)n3)cc2-n2c3ccccc3c3cc(-n4c5ccccc5c5ccccc54)ccc32)c1. The second-order valence-electron chi connectivity index (χ2n) is 21.8. The number of alkyl halides is 3. The Bertz CT molecular complexity index is 5430. The fraction of sp³-hybridized carbons (Fsp3) is 0.0132. The van der Waals surface area contributed by atoms with E-state index in [-0.39, 0.29) is 0 Å². The first kappa shape index (κ1) is 49.3. The number of aromatic nitrogens is 7. The van der Waals surface area contributed by atoms with Gasteiger partial charge in [-0.15, -0.1) is 0 Å². The first-order valence-electron chi connectivity index (χ1n) is 28.6. The lowest BCUT2D eigenvalue weighted by Gasteiger charge is -2.21. The van der Waals surface area contributed by atoms with Gasteiger partial charge in [0.25, 0.3) is 0 Å². The van der Waals surface area contributed by atoms with Gasteiger partial charge in [-0.05, 0) is 97.1 Å². The topological polar surface area (TPSA) is 58.4 Å². The minimum atomic E-state index is -4.67. The Morgan fingerprint density at radius 1 is 0.244 bits per heavy atom. The largest absolute Gasteiger partial charge is 0.416 e. The maximum absolute atomic E-state index is 15.6. The summed E-state index contributed by atoms with van der Waals surface area (Å²) in [5.74, 6) is 1.38. The molecule has 0 aliphatic carbocycles. The highest BCUT2D eigenvalue weighted by molar-refractivity contribution is 6.15. The number of halogens is 3. The van der Waals surface area contributed by atoms with Crippen molar-refractivity contribution in [2.45, 2.75) is 6.18 Å². The molecule has 406 valence electrons. The van der Waals surface area contributed by atoms with Crippen LogP contribution in [0.15, 0.2) is 279 Å². The van der Waals surface area contributed by atoms with Crippen LogP contribution < -0.4 is 0 Å². The lowest BCUT2D eigenvalue weighted by atomic mass is 9.96. The number of nitrogens with zero attached hydrogens (tertiary/aromatic N) is 7. The first-order valence-corrected chi connectivity index (χ1v) is 28.6. The van der Waals surface area contributed by atoms with Gasteiger partial charge in [0.05, 0.1) is 61.1 Å². The van der Waals surface area contributed by atoms with E-state index in [9.17, 15) is 0 Å². The van der Waals surface area contributed by atoms with Crippen molar-refractivity contribution in [3.63, 3.8) is 0 Å². The number of para-hydroxylation sites is 6. The predicted octanol–water partition coefficient (Wildman–Crippen LogP) is 19.9. The fourth-order valence-electron chi connectivity index (χ4n) is 13.3. The summed E-state index contributed by atoms with van der Waals surface area (Å²) in [6.07, 6.45) is -4.67. The molecule has 10 heteroatoms. The van der Waals surface area contributed by atoms with Gasteiger partial charge in [0, 0.05) is 82.3 Å². The molecule has 7 nitrogen and oxygen atoms in total. The zero-order valence-corrected chi connectivity index (χ0v) is 45.8. The summed E-state index contributed by atoms with van der Waals surface area (Å²) in [4.78, 5) is 15.4. The van der Waals surface area contributed by atoms with Gasteiger partial charge in [-0.2, -0.15) is 13.2 Å². The molecule has 0 N–H and O–H groups in total. The molecule has 86 heavy (non-hydrogen) atoms. The molecule has 0 bridgehead atoms. The Balaban J connectivity index is 0.946. The number of fused-ring (bicyclic) bond motifs is 12.